The molecular weight excluding hydrogens is 214 g/mol. The van der Waals surface area contributed by atoms with E-state index in [2.05, 4.69) is 4.98 Å². The minimum Gasteiger partial charge on any atom is -0.383 e. The van der Waals surface area contributed by atoms with Crippen molar-refractivity contribution < 1.29 is 4.79 Å². The third kappa shape index (κ3) is 2.84. The Hall–Kier alpha value is -1.84. The van der Waals surface area contributed by atoms with Crippen LogP contribution in [0.25, 0.3) is 6.08 Å². The van der Waals surface area contributed by atoms with E-state index in [9.17, 15) is 4.79 Å². The van der Waals surface area contributed by atoms with Crippen LogP contribution >= 0.6 is 0 Å². The van der Waals surface area contributed by atoms with Crippen LogP contribution in [-0.4, -0.2) is 29.9 Å². The molecule has 0 saturated heterocycles. The summed E-state index contributed by atoms with van der Waals surface area (Å²) >= 11 is 0. The Bertz CT molecular complexity index is 462. The first-order valence-electron chi connectivity index (χ1n) is 5.73. The number of aromatic nitrogens is 1. The highest BCUT2D eigenvalue weighted by Gasteiger charge is 2.25. The normalized spacial score (nSPS) is 15.2. The van der Waals surface area contributed by atoms with Crippen LogP contribution in [0, 0.1) is 0 Å². The van der Waals surface area contributed by atoms with Crippen LogP contribution in [0.5, 0.6) is 0 Å². The highest BCUT2D eigenvalue weighted by atomic mass is 16.1. The van der Waals surface area contributed by atoms with Gasteiger partial charge in [0.25, 0.3) is 5.91 Å². The molecule has 1 fully saturated rings. The van der Waals surface area contributed by atoms with E-state index in [0.717, 1.165) is 5.69 Å². The molecular formula is C13H17N3O. The first-order valence-corrected chi connectivity index (χ1v) is 5.73. The topological polar surface area (TPSA) is 59.2 Å². The van der Waals surface area contributed by atoms with Crippen LogP contribution in [0.3, 0.4) is 0 Å². The molecule has 1 aromatic heterocycles. The fraction of sp³-hybridized carbons (Fsp3) is 0.385. The van der Waals surface area contributed by atoms with Crippen molar-refractivity contribution in [3.8, 4) is 0 Å². The van der Waals surface area contributed by atoms with E-state index in [1.807, 2.05) is 37.3 Å². The lowest BCUT2D eigenvalue weighted by Gasteiger charge is -2.07. The fourth-order valence-corrected chi connectivity index (χ4v) is 1.65. The zero-order chi connectivity index (χ0) is 12.4. The molecule has 0 bridgehead atoms. The van der Waals surface area contributed by atoms with Gasteiger partial charge in [-0.25, -0.2) is 0 Å². The van der Waals surface area contributed by atoms with Crippen LogP contribution in [0.1, 0.15) is 40.5 Å². The lowest BCUT2D eigenvalue weighted by atomic mass is 10.1. The third-order valence-corrected chi connectivity index (χ3v) is 2.74. The van der Waals surface area contributed by atoms with E-state index in [1.165, 1.54) is 12.8 Å². The predicted octanol–water partition coefficient (Wildman–Crippen LogP) is 1.59. The summed E-state index contributed by atoms with van der Waals surface area (Å²) in [7, 11) is 3.84. The molecule has 2 rings (SSSR count). The first-order chi connectivity index (χ1) is 8.08. The number of nitrogens with zero attached hydrogens (tertiary/aromatic N) is 2. The lowest BCUT2D eigenvalue weighted by Crippen LogP contribution is -2.14. The molecule has 0 aliphatic heterocycles. The van der Waals surface area contributed by atoms with Gasteiger partial charge in [-0.3, -0.25) is 9.78 Å². The average molecular weight is 231 g/mol. The Kier molecular flexibility index (Phi) is 3.13. The van der Waals surface area contributed by atoms with Gasteiger partial charge in [-0.2, -0.15) is 0 Å². The maximum absolute atomic E-state index is 11.3. The Labute approximate surface area is 101 Å². The van der Waals surface area contributed by atoms with Crippen LogP contribution in [0.2, 0.25) is 0 Å². The van der Waals surface area contributed by atoms with Gasteiger partial charge in [-0.15, -0.1) is 0 Å². The molecule has 4 nitrogen and oxygen atoms in total. The van der Waals surface area contributed by atoms with Gasteiger partial charge in [0.2, 0.25) is 0 Å². The molecule has 0 unspecified atom stereocenters. The molecule has 1 saturated carbocycles. The minimum atomic E-state index is -0.432. The maximum Gasteiger partial charge on any atom is 0.250 e. The van der Waals surface area contributed by atoms with Gasteiger partial charge in [0.1, 0.15) is 0 Å². The monoisotopic (exact) mass is 231 g/mol. The molecule has 4 heteroatoms. The summed E-state index contributed by atoms with van der Waals surface area (Å²) in [5.41, 5.74) is 7.54. The quantitative estimate of drug-likeness (QED) is 0.856. The molecule has 0 atom stereocenters. The molecule has 1 heterocycles. The van der Waals surface area contributed by atoms with Crippen molar-refractivity contribution in [2.75, 3.05) is 14.1 Å². The zero-order valence-corrected chi connectivity index (χ0v) is 10.2. The van der Waals surface area contributed by atoms with Gasteiger partial charge in [0.05, 0.1) is 11.3 Å². The van der Waals surface area contributed by atoms with Gasteiger partial charge in [-0.1, -0.05) is 0 Å². The van der Waals surface area contributed by atoms with Crippen molar-refractivity contribution in [2.24, 2.45) is 5.73 Å². The second-order valence-corrected chi connectivity index (χ2v) is 4.59. The number of nitrogens with two attached hydrogens (primary N) is 1. The van der Waals surface area contributed by atoms with Crippen LogP contribution in [0.4, 0.5) is 0 Å². The lowest BCUT2D eigenvalue weighted by molar-refractivity contribution is 0.0999. The van der Waals surface area contributed by atoms with E-state index in [1.54, 1.807) is 6.07 Å². The second-order valence-electron chi connectivity index (χ2n) is 4.59. The third-order valence-electron chi connectivity index (χ3n) is 2.74. The Morgan fingerprint density at radius 2 is 2.18 bits per heavy atom. The number of amides is 1. The van der Waals surface area contributed by atoms with E-state index in [0.29, 0.717) is 17.2 Å². The van der Waals surface area contributed by atoms with E-state index < -0.39 is 5.91 Å². The maximum atomic E-state index is 11.3. The molecule has 17 heavy (non-hydrogen) atoms. The molecule has 1 aliphatic carbocycles. The Morgan fingerprint density at radius 3 is 2.71 bits per heavy atom. The van der Waals surface area contributed by atoms with Crippen molar-refractivity contribution in [1.82, 2.24) is 9.88 Å². The molecule has 1 aromatic rings. The van der Waals surface area contributed by atoms with Crippen molar-refractivity contribution in [1.29, 1.82) is 0 Å². The first kappa shape index (κ1) is 11.6. The summed E-state index contributed by atoms with van der Waals surface area (Å²) in [6.45, 7) is 0. The summed E-state index contributed by atoms with van der Waals surface area (Å²) in [6, 6.07) is 3.68. The van der Waals surface area contributed by atoms with E-state index in [4.69, 9.17) is 5.73 Å². The zero-order valence-electron chi connectivity index (χ0n) is 10.2. The smallest absolute Gasteiger partial charge is 0.250 e. The summed E-state index contributed by atoms with van der Waals surface area (Å²) in [6.07, 6.45) is 6.08. The van der Waals surface area contributed by atoms with Crippen LogP contribution < -0.4 is 5.73 Å². The molecule has 2 N–H and O–H groups in total. The Balaban J connectivity index is 2.36. The number of carbonyl (C=O) groups is 1. The van der Waals surface area contributed by atoms with E-state index in [-0.39, 0.29) is 0 Å². The van der Waals surface area contributed by atoms with Gasteiger partial charge in [0, 0.05) is 31.9 Å². The summed E-state index contributed by atoms with van der Waals surface area (Å²) in [5.74, 6) is 0.140. The molecule has 0 spiro atoms. The van der Waals surface area contributed by atoms with Crippen LogP contribution in [-0.2, 0) is 0 Å². The van der Waals surface area contributed by atoms with Crippen LogP contribution in [0.15, 0.2) is 18.3 Å². The Morgan fingerprint density at radius 1 is 1.47 bits per heavy atom. The van der Waals surface area contributed by atoms with Crippen molar-refractivity contribution in [3.05, 3.63) is 35.3 Å². The highest BCUT2D eigenvalue weighted by molar-refractivity contribution is 5.95. The fourth-order valence-electron chi connectivity index (χ4n) is 1.65. The highest BCUT2D eigenvalue weighted by Crippen LogP contribution is 2.39. The van der Waals surface area contributed by atoms with Gasteiger partial charge >= 0.3 is 0 Å². The predicted molar refractivity (Wildman–Crippen MR) is 67.5 cm³/mol. The summed E-state index contributed by atoms with van der Waals surface area (Å²) < 4.78 is 0. The summed E-state index contributed by atoms with van der Waals surface area (Å²) in [4.78, 5) is 17.7. The number of hydrogen-bond acceptors (Lipinski definition) is 3. The van der Waals surface area contributed by atoms with Crippen molar-refractivity contribution >= 4 is 12.0 Å². The molecule has 90 valence electrons. The summed E-state index contributed by atoms with van der Waals surface area (Å²) in [5, 5.41) is 0. The molecule has 1 aliphatic rings. The minimum absolute atomic E-state index is 0.432. The van der Waals surface area contributed by atoms with Gasteiger partial charge < -0.3 is 10.6 Å². The second kappa shape index (κ2) is 4.57. The van der Waals surface area contributed by atoms with E-state index >= 15 is 0 Å². The standard InChI is InChI=1S/C13H17N3O/c1-16(2)8-7-12-10(13(14)17)5-6-11(15-12)9-3-4-9/h5-9H,3-4H2,1-2H3,(H2,14,17)/b8-7+. The number of hydrogen-bond donors (Lipinski definition) is 1. The molecule has 0 radical (unpaired) electrons. The molecule has 0 aromatic carbocycles. The largest absolute Gasteiger partial charge is 0.383 e. The molecule has 1 amide bonds. The SMILES string of the molecule is CN(C)/C=C/c1nc(C2CC2)ccc1C(N)=O. The van der Waals surface area contributed by atoms with Gasteiger partial charge in [0.15, 0.2) is 0 Å². The number of rotatable bonds is 4. The number of primary amides is 1. The van der Waals surface area contributed by atoms with Crippen molar-refractivity contribution in [3.63, 3.8) is 0 Å². The number of carbonyl (C=O) groups excluding carboxylic acids is 1. The van der Waals surface area contributed by atoms with Gasteiger partial charge in [-0.05, 0) is 31.1 Å². The van der Waals surface area contributed by atoms with Crippen molar-refractivity contribution in [2.45, 2.75) is 18.8 Å². The average Bonchev–Trinajstić information content (AvgIpc) is 3.09. The number of pyridine rings is 1.